The second kappa shape index (κ2) is 10.8. The molecule has 0 bridgehead atoms. The van der Waals surface area contributed by atoms with Crippen LogP contribution in [0.4, 0.5) is 5.69 Å². The molecule has 0 radical (unpaired) electrons. The first kappa shape index (κ1) is 23.3. The molecule has 6 nitrogen and oxygen atoms in total. The van der Waals surface area contributed by atoms with Crippen molar-refractivity contribution in [2.75, 3.05) is 18.0 Å². The minimum Gasteiger partial charge on any atom is -0.484 e. The third kappa shape index (κ3) is 6.34. The molecule has 0 aliphatic heterocycles. The summed E-state index contributed by atoms with van der Waals surface area (Å²) in [4.78, 5) is 12.4. The highest BCUT2D eigenvalue weighted by Gasteiger charge is 2.20. The Morgan fingerprint density at radius 3 is 2.16 bits per heavy atom. The topological polar surface area (TPSA) is 75.7 Å². The van der Waals surface area contributed by atoms with Gasteiger partial charge in [0, 0.05) is 13.1 Å². The lowest BCUT2D eigenvalue weighted by molar-refractivity contribution is -0.123. The van der Waals surface area contributed by atoms with Crippen LogP contribution in [0.5, 0.6) is 5.75 Å². The summed E-state index contributed by atoms with van der Waals surface area (Å²) in [5.74, 6) is 0.296. The maximum Gasteiger partial charge on any atom is 0.264 e. The van der Waals surface area contributed by atoms with E-state index < -0.39 is 10.0 Å². The number of aryl methyl sites for hydroxylation is 1. The second-order valence-corrected chi connectivity index (χ2v) is 9.53. The number of benzene rings is 3. The van der Waals surface area contributed by atoms with Gasteiger partial charge >= 0.3 is 0 Å². The Morgan fingerprint density at radius 1 is 0.938 bits per heavy atom. The van der Waals surface area contributed by atoms with Crippen molar-refractivity contribution >= 4 is 21.6 Å². The van der Waals surface area contributed by atoms with Gasteiger partial charge in [-0.15, -0.1) is 0 Å². The van der Waals surface area contributed by atoms with Gasteiger partial charge in [-0.2, -0.15) is 0 Å². The summed E-state index contributed by atoms with van der Waals surface area (Å²) in [5.41, 5.74) is 1.74. The summed E-state index contributed by atoms with van der Waals surface area (Å²) in [7, 11) is -2.14. The molecule has 3 aromatic rings. The first-order valence-electron chi connectivity index (χ1n) is 10.5. The molecule has 3 rings (SSSR count). The number of carbonyl (C=O) groups is 1. The lowest BCUT2D eigenvalue weighted by Crippen LogP contribution is -2.36. The van der Waals surface area contributed by atoms with Crippen LogP contribution in [-0.4, -0.2) is 34.0 Å². The zero-order valence-electron chi connectivity index (χ0n) is 18.3. The molecule has 0 fully saturated rings. The number of carbonyl (C=O) groups excluding carboxylic acids is 1. The molecule has 168 valence electrons. The molecule has 7 heteroatoms. The Balaban J connectivity index is 1.48. The van der Waals surface area contributed by atoms with E-state index in [-0.39, 0.29) is 23.5 Å². The van der Waals surface area contributed by atoms with Crippen LogP contribution in [0.3, 0.4) is 0 Å². The molecule has 0 heterocycles. The van der Waals surface area contributed by atoms with Crippen LogP contribution >= 0.6 is 0 Å². The van der Waals surface area contributed by atoms with Gasteiger partial charge in [-0.3, -0.25) is 9.10 Å². The summed E-state index contributed by atoms with van der Waals surface area (Å²) in [6, 6.07) is 25.0. The summed E-state index contributed by atoms with van der Waals surface area (Å²) < 4.78 is 32.2. The van der Waals surface area contributed by atoms with Gasteiger partial charge in [-0.05, 0) is 61.7 Å². The van der Waals surface area contributed by atoms with Gasteiger partial charge in [0.1, 0.15) is 5.75 Å². The zero-order chi connectivity index (χ0) is 23.0. The van der Waals surface area contributed by atoms with Gasteiger partial charge in [0.2, 0.25) is 0 Å². The van der Waals surface area contributed by atoms with Crippen LogP contribution in [0.15, 0.2) is 89.8 Å². The Kier molecular flexibility index (Phi) is 7.89. The highest BCUT2D eigenvalue weighted by molar-refractivity contribution is 7.92. The predicted octanol–water partition coefficient (Wildman–Crippen LogP) is 4.03. The number of sulfonamides is 1. The molecular formula is C25H28N2O4S. The zero-order valence-corrected chi connectivity index (χ0v) is 19.1. The lowest BCUT2D eigenvalue weighted by Gasteiger charge is -2.20. The molecule has 1 unspecified atom stereocenters. The van der Waals surface area contributed by atoms with Crippen molar-refractivity contribution in [3.8, 4) is 5.75 Å². The highest BCUT2D eigenvalue weighted by atomic mass is 32.2. The quantitative estimate of drug-likeness (QED) is 0.504. The van der Waals surface area contributed by atoms with Gasteiger partial charge in [-0.25, -0.2) is 8.42 Å². The number of rotatable bonds is 10. The average Bonchev–Trinajstić information content (AvgIpc) is 2.82. The highest BCUT2D eigenvalue weighted by Crippen LogP contribution is 2.24. The third-order valence-corrected chi connectivity index (χ3v) is 6.89. The Labute approximate surface area is 189 Å². The fourth-order valence-electron chi connectivity index (χ4n) is 3.21. The molecule has 0 saturated carbocycles. The fourth-order valence-corrected chi connectivity index (χ4v) is 4.42. The largest absolute Gasteiger partial charge is 0.484 e. The van der Waals surface area contributed by atoms with Crippen molar-refractivity contribution in [1.82, 2.24) is 5.32 Å². The van der Waals surface area contributed by atoms with E-state index in [1.54, 1.807) is 54.6 Å². The lowest BCUT2D eigenvalue weighted by atomic mass is 10.1. The van der Waals surface area contributed by atoms with Gasteiger partial charge in [0.25, 0.3) is 15.9 Å². The second-order valence-electron chi connectivity index (χ2n) is 7.56. The number of amides is 1. The van der Waals surface area contributed by atoms with E-state index in [1.807, 2.05) is 25.1 Å². The minimum absolute atomic E-state index is 0.0329. The molecule has 32 heavy (non-hydrogen) atoms. The van der Waals surface area contributed by atoms with Crippen LogP contribution in [0.25, 0.3) is 0 Å². The molecule has 1 amide bonds. The maximum absolute atomic E-state index is 12.7. The predicted molar refractivity (Wildman–Crippen MR) is 126 cm³/mol. The van der Waals surface area contributed by atoms with Crippen LogP contribution in [-0.2, 0) is 21.2 Å². The molecule has 3 aromatic carbocycles. The van der Waals surface area contributed by atoms with E-state index >= 15 is 0 Å². The summed E-state index contributed by atoms with van der Waals surface area (Å²) in [6.07, 6.45) is 1.73. The van der Waals surface area contributed by atoms with Crippen molar-refractivity contribution in [2.45, 2.75) is 30.7 Å². The summed E-state index contributed by atoms with van der Waals surface area (Å²) in [5, 5.41) is 2.94. The number of nitrogens with one attached hydrogen (secondary N) is 1. The van der Waals surface area contributed by atoms with Gasteiger partial charge in [0.15, 0.2) is 6.61 Å². The maximum atomic E-state index is 12.7. The summed E-state index contributed by atoms with van der Waals surface area (Å²) >= 11 is 0. The number of nitrogens with zero attached hydrogens (tertiary/aromatic N) is 1. The molecule has 1 atom stereocenters. The Bertz CT molecular complexity index is 1100. The van der Waals surface area contributed by atoms with E-state index in [9.17, 15) is 13.2 Å². The van der Waals surface area contributed by atoms with E-state index in [1.165, 1.54) is 16.9 Å². The van der Waals surface area contributed by atoms with Crippen LogP contribution < -0.4 is 14.4 Å². The first-order chi connectivity index (χ1) is 15.4. The number of ether oxygens (including phenoxy) is 1. The third-order valence-electron chi connectivity index (χ3n) is 5.09. The van der Waals surface area contributed by atoms with Crippen molar-refractivity contribution < 1.29 is 17.9 Å². The smallest absolute Gasteiger partial charge is 0.264 e. The molecular weight excluding hydrogens is 424 g/mol. The van der Waals surface area contributed by atoms with Gasteiger partial charge in [-0.1, -0.05) is 48.5 Å². The Morgan fingerprint density at radius 2 is 1.53 bits per heavy atom. The number of hydrogen-bond acceptors (Lipinski definition) is 4. The molecule has 0 aromatic heterocycles. The van der Waals surface area contributed by atoms with Gasteiger partial charge in [0.05, 0.1) is 10.6 Å². The Hall–Kier alpha value is -3.32. The van der Waals surface area contributed by atoms with Crippen molar-refractivity contribution in [3.63, 3.8) is 0 Å². The average molecular weight is 453 g/mol. The van der Waals surface area contributed by atoms with Crippen LogP contribution in [0, 0.1) is 0 Å². The fraction of sp³-hybridized carbons (Fsp3) is 0.240. The van der Waals surface area contributed by atoms with E-state index in [2.05, 4.69) is 17.4 Å². The van der Waals surface area contributed by atoms with Crippen molar-refractivity contribution in [3.05, 3.63) is 90.5 Å². The van der Waals surface area contributed by atoms with Gasteiger partial charge < -0.3 is 10.1 Å². The SMILES string of the molecule is CC(CCc1ccccc1)NC(=O)COc1ccc(N(C)S(=O)(=O)c2ccccc2)cc1. The summed E-state index contributed by atoms with van der Waals surface area (Å²) in [6.45, 7) is 1.87. The number of anilines is 1. The van der Waals surface area contributed by atoms with E-state index in [0.29, 0.717) is 11.4 Å². The van der Waals surface area contributed by atoms with Crippen LogP contribution in [0.2, 0.25) is 0 Å². The minimum atomic E-state index is -3.64. The normalized spacial score (nSPS) is 12.1. The van der Waals surface area contributed by atoms with Crippen molar-refractivity contribution in [2.24, 2.45) is 0 Å². The molecule has 0 saturated heterocycles. The first-order valence-corrected chi connectivity index (χ1v) is 11.9. The molecule has 0 aliphatic carbocycles. The standard InChI is InChI=1S/C25H28N2O4S/c1-20(13-14-21-9-5-3-6-10-21)26-25(28)19-31-23-17-15-22(16-18-23)27(2)32(29,30)24-11-7-4-8-12-24/h3-12,15-18,20H,13-14,19H2,1-2H3,(H,26,28). The van der Waals surface area contributed by atoms with E-state index in [0.717, 1.165) is 12.8 Å². The van der Waals surface area contributed by atoms with Crippen molar-refractivity contribution in [1.29, 1.82) is 0 Å². The number of hydrogen-bond donors (Lipinski definition) is 1. The van der Waals surface area contributed by atoms with Crippen LogP contribution in [0.1, 0.15) is 18.9 Å². The monoisotopic (exact) mass is 452 g/mol. The molecule has 0 spiro atoms. The molecule has 1 N–H and O–H groups in total. The van der Waals surface area contributed by atoms with E-state index in [4.69, 9.17) is 4.74 Å². The molecule has 0 aliphatic rings.